The highest BCUT2D eigenvalue weighted by molar-refractivity contribution is 7.08. The molecule has 1 aromatic carbocycles. The number of nitrogens with zero attached hydrogens (tertiary/aromatic N) is 4. The van der Waals surface area contributed by atoms with E-state index in [2.05, 4.69) is 20.6 Å². The average Bonchev–Trinajstić information content (AvgIpc) is 3.43. The van der Waals surface area contributed by atoms with E-state index in [0.29, 0.717) is 11.6 Å². The summed E-state index contributed by atoms with van der Waals surface area (Å²) in [7, 11) is 0. The number of thiophene rings is 1. The molecule has 0 saturated carbocycles. The Morgan fingerprint density at radius 3 is 2.72 bits per heavy atom. The van der Waals surface area contributed by atoms with Gasteiger partial charge >= 0.3 is 0 Å². The zero-order chi connectivity index (χ0) is 19.5. The minimum absolute atomic E-state index is 0.582. The van der Waals surface area contributed by atoms with Crippen molar-refractivity contribution in [2.45, 2.75) is 12.8 Å². The lowest BCUT2D eigenvalue weighted by Gasteiger charge is -2.22. The number of nitrogens with one attached hydrogen (secondary N) is 1. The molecule has 0 bridgehead atoms. The van der Waals surface area contributed by atoms with Gasteiger partial charge in [0.15, 0.2) is 17.3 Å². The number of aromatic nitrogens is 4. The Bertz CT molecular complexity index is 1070. The molecule has 0 radical (unpaired) electrons. The van der Waals surface area contributed by atoms with Gasteiger partial charge in [-0.3, -0.25) is 0 Å². The summed E-state index contributed by atoms with van der Waals surface area (Å²) < 4.78 is 13.1. The van der Waals surface area contributed by atoms with E-state index in [1.54, 1.807) is 15.9 Å². The van der Waals surface area contributed by atoms with Crippen LogP contribution in [-0.2, 0) is 4.74 Å². The molecule has 1 fully saturated rings. The van der Waals surface area contributed by atoms with Crippen LogP contribution in [0.15, 0.2) is 53.2 Å². The second kappa shape index (κ2) is 8.18. The number of ether oxygens (including phenoxy) is 2. The molecule has 4 heterocycles. The second-order valence-corrected chi connectivity index (χ2v) is 7.82. The Labute approximate surface area is 172 Å². The first-order valence-corrected chi connectivity index (χ1v) is 10.6. The summed E-state index contributed by atoms with van der Waals surface area (Å²) in [6, 6.07) is 13.8. The smallest absolute Gasteiger partial charge is 0.186 e. The fraction of sp³-hybridized carbons (Fsp3) is 0.286. The number of hydrogen-bond acceptors (Lipinski definition) is 7. The molecule has 4 aromatic rings. The third-order valence-corrected chi connectivity index (χ3v) is 5.68. The van der Waals surface area contributed by atoms with Crippen LogP contribution in [-0.4, -0.2) is 39.6 Å². The minimum Gasteiger partial charge on any atom is -0.493 e. The van der Waals surface area contributed by atoms with E-state index in [1.165, 1.54) is 0 Å². The molecule has 7 nitrogen and oxygen atoms in total. The molecule has 3 aromatic heterocycles. The first kappa shape index (κ1) is 18.1. The van der Waals surface area contributed by atoms with Crippen LogP contribution in [0.2, 0.25) is 0 Å². The maximum Gasteiger partial charge on any atom is 0.186 e. The van der Waals surface area contributed by atoms with Gasteiger partial charge in [-0.15, -0.1) is 15.3 Å². The van der Waals surface area contributed by atoms with Crippen LogP contribution in [0.5, 0.6) is 5.75 Å². The minimum atomic E-state index is 0.582. The first-order chi connectivity index (χ1) is 14.3. The summed E-state index contributed by atoms with van der Waals surface area (Å²) in [5.74, 6) is 2.93. The van der Waals surface area contributed by atoms with Crippen molar-refractivity contribution in [3.05, 3.63) is 53.2 Å². The van der Waals surface area contributed by atoms with Gasteiger partial charge < -0.3 is 14.8 Å². The summed E-state index contributed by atoms with van der Waals surface area (Å²) >= 11 is 1.62. The van der Waals surface area contributed by atoms with E-state index in [1.807, 2.05) is 53.2 Å². The molecule has 8 heteroatoms. The van der Waals surface area contributed by atoms with Crippen molar-refractivity contribution < 1.29 is 9.47 Å². The van der Waals surface area contributed by atoms with Gasteiger partial charge in [0.05, 0.1) is 6.61 Å². The topological polar surface area (TPSA) is 73.6 Å². The molecule has 5 rings (SSSR count). The molecule has 1 aliphatic rings. The van der Waals surface area contributed by atoms with E-state index in [-0.39, 0.29) is 0 Å². The molecule has 0 amide bonds. The zero-order valence-electron chi connectivity index (χ0n) is 15.8. The number of benzene rings is 1. The molecule has 0 spiro atoms. The normalized spacial score (nSPS) is 14.9. The molecule has 1 N–H and O–H groups in total. The van der Waals surface area contributed by atoms with Crippen molar-refractivity contribution in [2.24, 2.45) is 5.92 Å². The molecule has 29 heavy (non-hydrogen) atoms. The van der Waals surface area contributed by atoms with Crippen molar-refractivity contribution in [1.82, 2.24) is 19.8 Å². The maximum absolute atomic E-state index is 5.94. The van der Waals surface area contributed by atoms with Gasteiger partial charge in [-0.05, 0) is 66.6 Å². The standard InChI is InChI=1S/C21H21N5O2S/c1-3-18(28-13-15-7-10-27-11-8-15)4-2-17(1)22-19-5-6-20-23-24-21(26(20)25-19)16-9-12-29-14-16/h1-6,9,12,14-15H,7-8,10-11,13H2,(H,22,25). The van der Waals surface area contributed by atoms with Crippen LogP contribution >= 0.6 is 11.3 Å². The zero-order valence-corrected chi connectivity index (χ0v) is 16.6. The summed E-state index contributed by atoms with van der Waals surface area (Å²) in [5.41, 5.74) is 2.67. The second-order valence-electron chi connectivity index (χ2n) is 7.04. The number of hydrogen-bond donors (Lipinski definition) is 1. The molecular weight excluding hydrogens is 386 g/mol. The van der Waals surface area contributed by atoms with Crippen LogP contribution in [0.1, 0.15) is 12.8 Å². The molecule has 0 atom stereocenters. The van der Waals surface area contributed by atoms with Gasteiger partial charge in [0.25, 0.3) is 0 Å². The SMILES string of the molecule is c1cc(-c2nnc3ccc(Nc4ccc(OCC5CCOCC5)cc4)nn23)cs1. The molecule has 1 saturated heterocycles. The van der Waals surface area contributed by atoms with Crippen LogP contribution in [0, 0.1) is 5.92 Å². The fourth-order valence-corrected chi connectivity index (χ4v) is 3.97. The quantitative estimate of drug-likeness (QED) is 0.511. The fourth-order valence-electron chi connectivity index (χ4n) is 3.34. The van der Waals surface area contributed by atoms with E-state index in [4.69, 9.17) is 9.47 Å². The van der Waals surface area contributed by atoms with Crippen molar-refractivity contribution in [3.63, 3.8) is 0 Å². The predicted molar refractivity (Wildman–Crippen MR) is 113 cm³/mol. The van der Waals surface area contributed by atoms with Crippen molar-refractivity contribution in [2.75, 3.05) is 25.1 Å². The van der Waals surface area contributed by atoms with Crippen molar-refractivity contribution >= 4 is 28.5 Å². The first-order valence-electron chi connectivity index (χ1n) is 9.68. The van der Waals surface area contributed by atoms with Gasteiger partial charge in [-0.1, -0.05) is 0 Å². The highest BCUT2D eigenvalue weighted by Gasteiger charge is 2.14. The summed E-state index contributed by atoms with van der Waals surface area (Å²) in [6.07, 6.45) is 2.15. The Hall–Kier alpha value is -2.97. The van der Waals surface area contributed by atoms with Gasteiger partial charge in [-0.2, -0.15) is 15.9 Å². The summed E-state index contributed by atoms with van der Waals surface area (Å²) in [4.78, 5) is 0. The third kappa shape index (κ3) is 4.08. The van der Waals surface area contributed by atoms with Crippen LogP contribution in [0.3, 0.4) is 0 Å². The van der Waals surface area contributed by atoms with E-state index >= 15 is 0 Å². The largest absolute Gasteiger partial charge is 0.493 e. The van der Waals surface area contributed by atoms with Crippen LogP contribution < -0.4 is 10.1 Å². The molecule has 0 aliphatic carbocycles. The van der Waals surface area contributed by atoms with Gasteiger partial charge in [0.2, 0.25) is 0 Å². The highest BCUT2D eigenvalue weighted by Crippen LogP contribution is 2.23. The van der Waals surface area contributed by atoms with Crippen LogP contribution in [0.25, 0.3) is 17.0 Å². The van der Waals surface area contributed by atoms with E-state index in [0.717, 1.165) is 61.3 Å². The maximum atomic E-state index is 5.94. The molecule has 148 valence electrons. The highest BCUT2D eigenvalue weighted by atomic mass is 32.1. The van der Waals surface area contributed by atoms with Crippen molar-refractivity contribution in [3.8, 4) is 17.1 Å². The third-order valence-electron chi connectivity index (χ3n) is 5.00. The Morgan fingerprint density at radius 1 is 1.07 bits per heavy atom. The van der Waals surface area contributed by atoms with E-state index < -0.39 is 0 Å². The molecular formula is C21H21N5O2S. The van der Waals surface area contributed by atoms with Crippen LogP contribution in [0.4, 0.5) is 11.5 Å². The Morgan fingerprint density at radius 2 is 1.93 bits per heavy atom. The number of anilines is 2. The number of fused-ring (bicyclic) bond motifs is 1. The average molecular weight is 407 g/mol. The predicted octanol–water partition coefficient (Wildman–Crippen LogP) is 4.40. The van der Waals surface area contributed by atoms with Gasteiger partial charge in [-0.25, -0.2) is 0 Å². The summed E-state index contributed by atoms with van der Waals surface area (Å²) in [5, 5.41) is 20.5. The summed E-state index contributed by atoms with van der Waals surface area (Å²) in [6.45, 7) is 2.43. The lowest BCUT2D eigenvalue weighted by Crippen LogP contribution is -2.21. The van der Waals surface area contributed by atoms with Gasteiger partial charge in [0.1, 0.15) is 5.75 Å². The molecule has 0 unspecified atom stereocenters. The lowest BCUT2D eigenvalue weighted by molar-refractivity contribution is 0.0497. The lowest BCUT2D eigenvalue weighted by atomic mass is 10.0. The van der Waals surface area contributed by atoms with Crippen molar-refractivity contribution in [1.29, 1.82) is 0 Å². The molecule has 1 aliphatic heterocycles. The van der Waals surface area contributed by atoms with Gasteiger partial charge in [0, 0.05) is 29.8 Å². The Kier molecular flexibility index (Phi) is 5.10. The monoisotopic (exact) mass is 407 g/mol. The number of rotatable bonds is 6. The Balaban J connectivity index is 1.27. The van der Waals surface area contributed by atoms with E-state index in [9.17, 15) is 0 Å².